The fraction of sp³-hybridized carbons (Fsp3) is 0.400. The summed E-state index contributed by atoms with van der Waals surface area (Å²) in [5, 5.41) is 0.519. The summed E-state index contributed by atoms with van der Waals surface area (Å²) in [5.74, 6) is 1.42. The molecule has 0 radical (unpaired) electrons. The van der Waals surface area contributed by atoms with Gasteiger partial charge in [0.2, 0.25) is 0 Å². The summed E-state index contributed by atoms with van der Waals surface area (Å²) in [6.07, 6.45) is 1.76. The Kier molecular flexibility index (Phi) is 2.19. The van der Waals surface area contributed by atoms with Crippen molar-refractivity contribution in [2.75, 3.05) is 0 Å². The fourth-order valence-electron chi connectivity index (χ4n) is 1.58. The zero-order valence-electron chi connectivity index (χ0n) is 8.45. The number of aryl methyl sites for hydroxylation is 1. The van der Waals surface area contributed by atoms with Crippen LogP contribution in [0.3, 0.4) is 0 Å². The van der Waals surface area contributed by atoms with E-state index < -0.39 is 0 Å². The molecule has 0 amide bonds. The first-order valence-electron chi connectivity index (χ1n) is 4.60. The summed E-state index contributed by atoms with van der Waals surface area (Å²) in [4.78, 5) is 8.54. The van der Waals surface area contributed by atoms with Crippen LogP contribution in [-0.4, -0.2) is 14.4 Å². The lowest BCUT2D eigenvalue weighted by Crippen LogP contribution is -2.01. The first kappa shape index (κ1) is 9.46. The fourth-order valence-corrected chi connectivity index (χ4v) is 1.83. The Morgan fingerprint density at radius 2 is 2.14 bits per heavy atom. The molecule has 0 N–H and O–H groups in total. The van der Waals surface area contributed by atoms with Crippen LogP contribution in [0.15, 0.2) is 12.3 Å². The number of hydrogen-bond donors (Lipinski definition) is 0. The van der Waals surface area contributed by atoms with Crippen LogP contribution in [0.25, 0.3) is 5.65 Å². The number of halogens is 1. The highest BCUT2D eigenvalue weighted by molar-refractivity contribution is 6.29. The molecule has 14 heavy (non-hydrogen) atoms. The third-order valence-corrected chi connectivity index (χ3v) is 2.38. The van der Waals surface area contributed by atoms with Gasteiger partial charge in [-0.15, -0.1) is 0 Å². The average molecular weight is 210 g/mol. The molecular formula is C10H12ClN3. The van der Waals surface area contributed by atoms with Gasteiger partial charge in [0.05, 0.1) is 6.20 Å². The first-order chi connectivity index (χ1) is 6.59. The highest BCUT2D eigenvalue weighted by Crippen LogP contribution is 2.18. The minimum absolute atomic E-state index is 0.388. The van der Waals surface area contributed by atoms with E-state index in [0.29, 0.717) is 11.1 Å². The van der Waals surface area contributed by atoms with Crippen molar-refractivity contribution in [2.45, 2.75) is 26.7 Å². The minimum atomic E-state index is 0.388. The maximum absolute atomic E-state index is 5.86. The first-order valence-corrected chi connectivity index (χ1v) is 4.98. The molecule has 2 heterocycles. The molecule has 0 fully saturated rings. The molecule has 0 bridgehead atoms. The van der Waals surface area contributed by atoms with E-state index in [0.717, 1.165) is 17.2 Å². The molecule has 3 nitrogen and oxygen atoms in total. The monoisotopic (exact) mass is 209 g/mol. The van der Waals surface area contributed by atoms with Gasteiger partial charge < -0.3 is 0 Å². The lowest BCUT2D eigenvalue weighted by atomic mass is 10.2. The van der Waals surface area contributed by atoms with E-state index in [9.17, 15) is 0 Å². The van der Waals surface area contributed by atoms with Crippen molar-refractivity contribution in [3.8, 4) is 0 Å². The molecule has 0 aliphatic rings. The van der Waals surface area contributed by atoms with E-state index in [-0.39, 0.29) is 0 Å². The molecule has 0 saturated heterocycles. The Labute approximate surface area is 87.8 Å². The summed E-state index contributed by atoms with van der Waals surface area (Å²) in [6, 6.07) is 1.85. The second-order valence-electron chi connectivity index (χ2n) is 3.68. The molecule has 0 atom stereocenters. The van der Waals surface area contributed by atoms with Crippen molar-refractivity contribution in [3.05, 3.63) is 28.9 Å². The molecule has 0 aliphatic heterocycles. The lowest BCUT2D eigenvalue weighted by molar-refractivity contribution is 0.759. The van der Waals surface area contributed by atoms with Gasteiger partial charge in [-0.25, -0.2) is 9.97 Å². The van der Waals surface area contributed by atoms with Gasteiger partial charge >= 0.3 is 0 Å². The average Bonchev–Trinajstić information content (AvgIpc) is 2.47. The molecule has 0 aliphatic carbocycles. The van der Waals surface area contributed by atoms with E-state index in [4.69, 9.17) is 11.6 Å². The molecule has 2 rings (SSSR count). The van der Waals surface area contributed by atoms with Crippen LogP contribution in [0.1, 0.15) is 31.3 Å². The lowest BCUT2D eigenvalue weighted by Gasteiger charge is -2.07. The van der Waals surface area contributed by atoms with Crippen LogP contribution in [0.5, 0.6) is 0 Å². The van der Waals surface area contributed by atoms with Crippen molar-refractivity contribution < 1.29 is 0 Å². The van der Waals surface area contributed by atoms with Crippen molar-refractivity contribution in [3.63, 3.8) is 0 Å². The smallest absolute Gasteiger partial charge is 0.158 e. The number of hydrogen-bond acceptors (Lipinski definition) is 2. The van der Waals surface area contributed by atoms with Crippen molar-refractivity contribution in [1.82, 2.24) is 14.4 Å². The number of imidazole rings is 1. The molecule has 0 spiro atoms. The quantitative estimate of drug-likeness (QED) is 0.677. The van der Waals surface area contributed by atoms with Crippen LogP contribution in [-0.2, 0) is 0 Å². The van der Waals surface area contributed by atoms with Crippen molar-refractivity contribution in [2.24, 2.45) is 0 Å². The van der Waals surface area contributed by atoms with Crippen LogP contribution in [0.2, 0.25) is 5.15 Å². The minimum Gasteiger partial charge on any atom is -0.285 e. The molecule has 0 unspecified atom stereocenters. The second kappa shape index (κ2) is 3.24. The topological polar surface area (TPSA) is 30.2 Å². The highest BCUT2D eigenvalue weighted by Gasteiger charge is 2.10. The predicted molar refractivity (Wildman–Crippen MR) is 56.8 cm³/mol. The number of fused-ring (bicyclic) bond motifs is 1. The Bertz CT molecular complexity index is 473. The van der Waals surface area contributed by atoms with Crippen molar-refractivity contribution in [1.29, 1.82) is 0 Å². The molecular weight excluding hydrogens is 198 g/mol. The van der Waals surface area contributed by atoms with E-state index in [1.54, 1.807) is 6.20 Å². The SMILES string of the molecule is Cc1cc(Cl)nc2cnc(C(C)C)n12. The number of aromatic nitrogens is 3. The van der Waals surface area contributed by atoms with E-state index in [1.165, 1.54) is 0 Å². The molecule has 2 aromatic rings. The largest absolute Gasteiger partial charge is 0.285 e. The number of nitrogens with zero attached hydrogens (tertiary/aromatic N) is 3. The maximum atomic E-state index is 5.86. The summed E-state index contributed by atoms with van der Waals surface area (Å²) in [6.45, 7) is 6.24. The predicted octanol–water partition coefficient (Wildman–Crippen LogP) is 2.81. The highest BCUT2D eigenvalue weighted by atomic mass is 35.5. The Morgan fingerprint density at radius 1 is 1.43 bits per heavy atom. The van der Waals surface area contributed by atoms with Crippen molar-refractivity contribution >= 4 is 17.2 Å². The second-order valence-corrected chi connectivity index (χ2v) is 4.07. The Balaban J connectivity index is 2.79. The third-order valence-electron chi connectivity index (χ3n) is 2.19. The normalized spacial score (nSPS) is 11.5. The van der Waals surface area contributed by atoms with Gasteiger partial charge in [-0.1, -0.05) is 25.4 Å². The number of rotatable bonds is 1. The van der Waals surface area contributed by atoms with Gasteiger partial charge in [0.1, 0.15) is 11.0 Å². The van der Waals surface area contributed by atoms with Gasteiger partial charge in [0, 0.05) is 11.6 Å². The van der Waals surface area contributed by atoms with Crippen LogP contribution < -0.4 is 0 Å². The van der Waals surface area contributed by atoms with Gasteiger partial charge in [-0.05, 0) is 13.0 Å². The zero-order chi connectivity index (χ0) is 10.3. The zero-order valence-corrected chi connectivity index (χ0v) is 9.21. The Hall–Kier alpha value is -1.09. The standard InChI is InChI=1S/C10H12ClN3/c1-6(2)10-12-5-9-13-8(11)4-7(3)14(9)10/h4-6H,1-3H3. The van der Waals surface area contributed by atoms with E-state index >= 15 is 0 Å². The third kappa shape index (κ3) is 1.38. The molecule has 0 aromatic carbocycles. The van der Waals surface area contributed by atoms with Crippen LogP contribution in [0, 0.1) is 6.92 Å². The van der Waals surface area contributed by atoms with Crippen LogP contribution in [0.4, 0.5) is 0 Å². The molecule has 74 valence electrons. The van der Waals surface area contributed by atoms with Crippen LogP contribution >= 0.6 is 11.6 Å². The summed E-state index contributed by atoms with van der Waals surface area (Å²) >= 11 is 5.86. The van der Waals surface area contributed by atoms with E-state index in [2.05, 4.69) is 23.8 Å². The maximum Gasteiger partial charge on any atom is 0.158 e. The summed E-state index contributed by atoms with van der Waals surface area (Å²) in [5.41, 5.74) is 1.89. The van der Waals surface area contributed by atoms with Gasteiger partial charge in [0.25, 0.3) is 0 Å². The molecule has 4 heteroatoms. The molecule has 0 saturated carbocycles. The van der Waals surface area contributed by atoms with Gasteiger partial charge in [-0.2, -0.15) is 0 Å². The van der Waals surface area contributed by atoms with E-state index in [1.807, 2.05) is 17.4 Å². The Morgan fingerprint density at radius 3 is 2.79 bits per heavy atom. The van der Waals surface area contributed by atoms with Gasteiger partial charge in [0.15, 0.2) is 5.65 Å². The summed E-state index contributed by atoms with van der Waals surface area (Å²) in [7, 11) is 0. The van der Waals surface area contributed by atoms with Gasteiger partial charge in [-0.3, -0.25) is 4.40 Å². The summed E-state index contributed by atoms with van der Waals surface area (Å²) < 4.78 is 2.04. The molecule has 2 aromatic heterocycles.